The summed E-state index contributed by atoms with van der Waals surface area (Å²) >= 11 is 5.93. The molecule has 0 heterocycles. The monoisotopic (exact) mass is 456 g/mol. The molecule has 0 saturated heterocycles. The van der Waals surface area contributed by atoms with Gasteiger partial charge < -0.3 is 4.90 Å². The lowest BCUT2D eigenvalue weighted by atomic mass is 10.1. The number of anilines is 1. The lowest BCUT2D eigenvalue weighted by Gasteiger charge is -2.27. The summed E-state index contributed by atoms with van der Waals surface area (Å²) in [5, 5.41) is 0.618. The summed E-state index contributed by atoms with van der Waals surface area (Å²) in [6.45, 7) is 3.92. The van der Waals surface area contributed by atoms with E-state index in [1.165, 1.54) is 21.3 Å². The molecule has 0 aliphatic rings. The Bertz CT molecular complexity index is 1160. The predicted octanol–water partition coefficient (Wildman–Crippen LogP) is 4.81. The lowest BCUT2D eigenvalue weighted by molar-refractivity contribution is -0.128. The van der Waals surface area contributed by atoms with E-state index in [1.807, 2.05) is 32.0 Å². The minimum absolute atomic E-state index is 0.140. The van der Waals surface area contributed by atoms with Crippen molar-refractivity contribution in [3.8, 4) is 0 Å². The molecule has 31 heavy (non-hydrogen) atoms. The van der Waals surface area contributed by atoms with Gasteiger partial charge >= 0.3 is 0 Å². The SMILES string of the molecule is Cc1ccc(N(CC(=O)N(C)Cc2ccc(Cl)cc2)S(=O)(=O)c2ccccc2)cc1C. The molecule has 3 aromatic carbocycles. The highest BCUT2D eigenvalue weighted by atomic mass is 35.5. The van der Waals surface area contributed by atoms with Crippen LogP contribution in [0.1, 0.15) is 16.7 Å². The molecule has 0 unspecified atom stereocenters. The van der Waals surface area contributed by atoms with Gasteiger partial charge in [-0.3, -0.25) is 9.10 Å². The number of hydrogen-bond acceptors (Lipinski definition) is 3. The number of aryl methyl sites for hydroxylation is 2. The van der Waals surface area contributed by atoms with Crippen LogP contribution < -0.4 is 4.31 Å². The molecule has 162 valence electrons. The van der Waals surface area contributed by atoms with E-state index in [0.29, 0.717) is 17.3 Å². The fourth-order valence-electron chi connectivity index (χ4n) is 3.11. The van der Waals surface area contributed by atoms with Crippen molar-refractivity contribution in [2.24, 2.45) is 0 Å². The largest absolute Gasteiger partial charge is 0.340 e. The van der Waals surface area contributed by atoms with Crippen LogP contribution in [0.5, 0.6) is 0 Å². The number of amides is 1. The van der Waals surface area contributed by atoms with Gasteiger partial charge in [0, 0.05) is 18.6 Å². The Hall–Kier alpha value is -2.83. The fraction of sp³-hybridized carbons (Fsp3) is 0.208. The van der Waals surface area contributed by atoms with Gasteiger partial charge in [0.2, 0.25) is 5.91 Å². The summed E-state index contributed by atoms with van der Waals surface area (Å²) in [6.07, 6.45) is 0. The molecule has 7 heteroatoms. The van der Waals surface area contributed by atoms with Crippen LogP contribution in [0.2, 0.25) is 5.02 Å². The van der Waals surface area contributed by atoms with Crippen LogP contribution in [0.15, 0.2) is 77.7 Å². The third-order valence-corrected chi connectivity index (χ3v) is 7.19. The van der Waals surface area contributed by atoms with E-state index < -0.39 is 10.0 Å². The molecule has 5 nitrogen and oxygen atoms in total. The topological polar surface area (TPSA) is 57.7 Å². The highest BCUT2D eigenvalue weighted by molar-refractivity contribution is 7.92. The second-order valence-corrected chi connectivity index (χ2v) is 9.77. The Kier molecular flexibility index (Phi) is 7.03. The maximum atomic E-state index is 13.4. The number of benzene rings is 3. The number of nitrogens with zero attached hydrogens (tertiary/aromatic N) is 2. The standard InChI is InChI=1S/C24H25ClN2O3S/c1-18-9-14-22(15-19(18)2)27(31(29,30)23-7-5-4-6-8-23)17-24(28)26(3)16-20-10-12-21(25)13-11-20/h4-15H,16-17H2,1-3H3. The first-order valence-electron chi connectivity index (χ1n) is 9.82. The fourth-order valence-corrected chi connectivity index (χ4v) is 4.66. The molecule has 0 radical (unpaired) electrons. The number of carbonyl (C=O) groups excluding carboxylic acids is 1. The van der Waals surface area contributed by atoms with E-state index in [-0.39, 0.29) is 17.3 Å². The maximum absolute atomic E-state index is 13.4. The summed E-state index contributed by atoms with van der Waals surface area (Å²) in [5.41, 5.74) is 3.36. The number of carbonyl (C=O) groups is 1. The molecule has 3 aromatic rings. The highest BCUT2D eigenvalue weighted by Gasteiger charge is 2.28. The maximum Gasteiger partial charge on any atom is 0.264 e. The molecular weight excluding hydrogens is 432 g/mol. The third kappa shape index (κ3) is 5.46. The lowest BCUT2D eigenvalue weighted by Crippen LogP contribution is -2.41. The first-order chi connectivity index (χ1) is 14.7. The summed E-state index contributed by atoms with van der Waals surface area (Å²) in [7, 11) is -2.27. The number of halogens is 1. The number of sulfonamides is 1. The zero-order chi connectivity index (χ0) is 22.6. The Morgan fingerprint density at radius 1 is 0.903 bits per heavy atom. The average Bonchev–Trinajstić information content (AvgIpc) is 2.76. The molecule has 0 spiro atoms. The number of hydrogen-bond donors (Lipinski definition) is 0. The zero-order valence-electron chi connectivity index (χ0n) is 17.7. The quantitative estimate of drug-likeness (QED) is 0.512. The van der Waals surface area contributed by atoms with Crippen molar-refractivity contribution in [2.45, 2.75) is 25.3 Å². The Balaban J connectivity index is 1.91. The molecule has 0 aromatic heterocycles. The van der Waals surface area contributed by atoms with Crippen LogP contribution in [0.4, 0.5) is 5.69 Å². The minimum Gasteiger partial charge on any atom is -0.340 e. The third-order valence-electron chi connectivity index (χ3n) is 5.15. The molecular formula is C24H25ClN2O3S. The first-order valence-corrected chi connectivity index (χ1v) is 11.6. The first kappa shape index (κ1) is 22.8. The van der Waals surface area contributed by atoms with Crippen LogP contribution >= 0.6 is 11.6 Å². The average molecular weight is 457 g/mol. The van der Waals surface area contributed by atoms with Gasteiger partial charge in [0.1, 0.15) is 6.54 Å². The van der Waals surface area contributed by atoms with E-state index in [9.17, 15) is 13.2 Å². The van der Waals surface area contributed by atoms with E-state index >= 15 is 0 Å². The van der Waals surface area contributed by atoms with Crippen LogP contribution in [-0.2, 0) is 21.4 Å². The van der Waals surface area contributed by atoms with E-state index in [1.54, 1.807) is 49.5 Å². The molecule has 0 atom stereocenters. The molecule has 0 bridgehead atoms. The van der Waals surface area contributed by atoms with E-state index in [0.717, 1.165) is 16.7 Å². The molecule has 1 amide bonds. The summed E-state index contributed by atoms with van der Waals surface area (Å²) < 4.78 is 28.0. The normalized spacial score (nSPS) is 11.2. The van der Waals surface area contributed by atoms with Crippen molar-refractivity contribution < 1.29 is 13.2 Å². The van der Waals surface area contributed by atoms with Gasteiger partial charge in [-0.15, -0.1) is 0 Å². The predicted molar refractivity (Wildman–Crippen MR) is 125 cm³/mol. The van der Waals surface area contributed by atoms with Crippen molar-refractivity contribution in [3.05, 3.63) is 94.5 Å². The molecule has 3 rings (SSSR count). The molecule has 0 N–H and O–H groups in total. The van der Waals surface area contributed by atoms with Crippen LogP contribution in [-0.4, -0.2) is 32.8 Å². The van der Waals surface area contributed by atoms with Crippen LogP contribution in [0.25, 0.3) is 0 Å². The van der Waals surface area contributed by atoms with E-state index in [4.69, 9.17) is 11.6 Å². The van der Waals surface area contributed by atoms with Gasteiger partial charge in [0.25, 0.3) is 10.0 Å². The Labute approximate surface area is 188 Å². The van der Waals surface area contributed by atoms with Crippen LogP contribution in [0, 0.1) is 13.8 Å². The van der Waals surface area contributed by atoms with Gasteiger partial charge in [-0.25, -0.2) is 8.42 Å². The zero-order valence-corrected chi connectivity index (χ0v) is 19.3. The van der Waals surface area contributed by atoms with Crippen molar-refractivity contribution in [1.82, 2.24) is 4.90 Å². The Morgan fingerprint density at radius 3 is 2.16 bits per heavy atom. The molecule has 0 aliphatic carbocycles. The van der Waals surface area contributed by atoms with Gasteiger partial charge in [-0.05, 0) is 66.9 Å². The molecule has 0 saturated carbocycles. The van der Waals surface area contributed by atoms with Crippen molar-refractivity contribution in [3.63, 3.8) is 0 Å². The molecule has 0 aliphatic heterocycles. The van der Waals surface area contributed by atoms with Gasteiger partial charge in [0.05, 0.1) is 10.6 Å². The van der Waals surface area contributed by atoms with Crippen LogP contribution in [0.3, 0.4) is 0 Å². The van der Waals surface area contributed by atoms with Crippen molar-refractivity contribution in [1.29, 1.82) is 0 Å². The number of likely N-dealkylation sites (N-methyl/N-ethyl adjacent to an activating group) is 1. The van der Waals surface area contributed by atoms with Gasteiger partial charge in [0.15, 0.2) is 0 Å². The highest BCUT2D eigenvalue weighted by Crippen LogP contribution is 2.26. The summed E-state index contributed by atoms with van der Waals surface area (Å²) in [4.78, 5) is 14.7. The second-order valence-electron chi connectivity index (χ2n) is 7.47. The summed E-state index contributed by atoms with van der Waals surface area (Å²) in [6, 6.07) is 20.7. The Morgan fingerprint density at radius 2 is 1.55 bits per heavy atom. The van der Waals surface area contributed by atoms with Gasteiger partial charge in [-0.1, -0.05) is 48.0 Å². The minimum atomic E-state index is -3.92. The number of rotatable bonds is 7. The van der Waals surface area contributed by atoms with Crippen molar-refractivity contribution >= 4 is 33.2 Å². The van der Waals surface area contributed by atoms with E-state index in [2.05, 4.69) is 0 Å². The summed E-state index contributed by atoms with van der Waals surface area (Å²) in [5.74, 6) is -0.312. The van der Waals surface area contributed by atoms with Crippen molar-refractivity contribution in [2.75, 3.05) is 17.9 Å². The van der Waals surface area contributed by atoms with Gasteiger partial charge in [-0.2, -0.15) is 0 Å². The smallest absolute Gasteiger partial charge is 0.264 e. The molecule has 0 fully saturated rings. The second kappa shape index (κ2) is 9.54.